The van der Waals surface area contributed by atoms with E-state index >= 15 is 0 Å². The molecule has 50 heavy (non-hydrogen) atoms. The van der Waals surface area contributed by atoms with E-state index in [-0.39, 0.29) is 30.9 Å². The molecule has 1 aliphatic carbocycles. The van der Waals surface area contributed by atoms with Crippen molar-refractivity contribution in [1.82, 2.24) is 20.1 Å². The number of fused-ring (bicyclic) bond motifs is 2. The van der Waals surface area contributed by atoms with Crippen LogP contribution in [0.15, 0.2) is 72.9 Å². The highest BCUT2D eigenvalue weighted by Gasteiger charge is 2.45. The van der Waals surface area contributed by atoms with E-state index < -0.39 is 28.9 Å². The lowest BCUT2D eigenvalue weighted by molar-refractivity contribution is -0.140. The topological polar surface area (TPSA) is 110 Å². The van der Waals surface area contributed by atoms with E-state index in [0.717, 1.165) is 60.4 Å². The molecule has 3 amide bonds. The summed E-state index contributed by atoms with van der Waals surface area (Å²) in [4.78, 5) is 50.0. The van der Waals surface area contributed by atoms with Crippen molar-refractivity contribution in [3.63, 3.8) is 0 Å². The fraction of sp³-hybridized carbons (Fsp3) is 0.500. The average molecular weight is 683 g/mol. The lowest BCUT2D eigenvalue weighted by Gasteiger charge is -2.42. The van der Waals surface area contributed by atoms with Crippen LogP contribution < -0.4 is 10.1 Å². The minimum absolute atomic E-state index is 0.0499. The van der Waals surface area contributed by atoms with Gasteiger partial charge in [0.25, 0.3) is 0 Å². The van der Waals surface area contributed by atoms with Crippen molar-refractivity contribution in [1.29, 1.82) is 0 Å². The summed E-state index contributed by atoms with van der Waals surface area (Å²) in [5.74, 6) is 0.169. The second-order valence-corrected chi connectivity index (χ2v) is 14.9. The number of hydrogen-bond acceptors (Lipinski definition) is 7. The van der Waals surface area contributed by atoms with Crippen LogP contribution in [0.4, 0.5) is 4.79 Å². The lowest BCUT2D eigenvalue weighted by atomic mass is 9.69. The molecule has 10 nitrogen and oxygen atoms in total. The highest BCUT2D eigenvalue weighted by molar-refractivity contribution is 5.85. The Balaban J connectivity index is 1.26. The summed E-state index contributed by atoms with van der Waals surface area (Å²) in [6, 6.07) is 21.9. The van der Waals surface area contributed by atoms with Gasteiger partial charge in [-0.05, 0) is 83.6 Å². The van der Waals surface area contributed by atoms with Crippen LogP contribution in [0.25, 0.3) is 0 Å². The molecule has 2 aliphatic heterocycles. The molecular formula is C40H50N4O6. The zero-order valence-electron chi connectivity index (χ0n) is 29.7. The maximum atomic E-state index is 14.3. The summed E-state index contributed by atoms with van der Waals surface area (Å²) < 4.78 is 17.5. The van der Waals surface area contributed by atoms with E-state index in [4.69, 9.17) is 14.2 Å². The number of piperidine rings is 1. The molecule has 1 N–H and O–H groups in total. The Hall–Kier alpha value is -4.44. The van der Waals surface area contributed by atoms with Crippen LogP contribution in [-0.2, 0) is 31.0 Å². The molecule has 0 radical (unpaired) electrons. The van der Waals surface area contributed by atoms with Gasteiger partial charge in [-0.2, -0.15) is 0 Å². The third-order valence-corrected chi connectivity index (χ3v) is 9.94. The van der Waals surface area contributed by atoms with Crippen LogP contribution in [0.2, 0.25) is 0 Å². The quantitative estimate of drug-likeness (QED) is 0.218. The maximum absolute atomic E-state index is 14.3. The lowest BCUT2D eigenvalue weighted by Crippen LogP contribution is -2.54. The average Bonchev–Trinajstić information content (AvgIpc) is 3.96. The predicted molar refractivity (Wildman–Crippen MR) is 190 cm³/mol. The first-order valence-electron chi connectivity index (χ1n) is 17.9. The number of hydrogen-bond donors (Lipinski definition) is 1. The molecule has 3 aliphatic rings. The van der Waals surface area contributed by atoms with Crippen molar-refractivity contribution in [2.24, 2.45) is 11.8 Å². The standard InChI is InChI=1S/C40H50N4O6/c1-39(2,3)50-38(47)43-24-28(23-29(25-43)37(46)44(31-18-19-31)26-30-13-9-11-21-41-30)36(45)42-27-40(20-10-12-22-48-4)32-14-5-7-16-34(32)49-35-17-8-6-15-33(35)40/h5-9,11,13-17,21,28-29,31H,10,12,18-20,22-27H2,1-4H3,(H,42,45). The van der Waals surface area contributed by atoms with E-state index in [1.54, 1.807) is 18.2 Å². The molecule has 2 atom stereocenters. The number of carbonyl (C=O) groups excluding carboxylic acids is 3. The van der Waals surface area contributed by atoms with Crippen LogP contribution in [0, 0.1) is 11.8 Å². The van der Waals surface area contributed by atoms with Crippen molar-refractivity contribution in [2.45, 2.75) is 82.9 Å². The van der Waals surface area contributed by atoms with Crippen LogP contribution in [0.3, 0.4) is 0 Å². The summed E-state index contributed by atoms with van der Waals surface area (Å²) in [6.45, 7) is 7.22. The van der Waals surface area contributed by atoms with Gasteiger partial charge in [0.2, 0.25) is 11.8 Å². The number of aromatic nitrogens is 1. The molecule has 2 fully saturated rings. The number of rotatable bonds is 12. The number of nitrogens with one attached hydrogen (secondary N) is 1. The maximum Gasteiger partial charge on any atom is 0.410 e. The van der Waals surface area contributed by atoms with E-state index in [1.165, 1.54) is 0 Å². The van der Waals surface area contributed by atoms with Gasteiger partial charge in [-0.3, -0.25) is 14.6 Å². The van der Waals surface area contributed by atoms with Gasteiger partial charge >= 0.3 is 6.09 Å². The molecule has 0 spiro atoms. The van der Waals surface area contributed by atoms with Gasteiger partial charge < -0.3 is 29.3 Å². The molecule has 0 bridgehead atoms. The van der Waals surface area contributed by atoms with Gasteiger partial charge in [0.05, 0.1) is 24.1 Å². The van der Waals surface area contributed by atoms with Crippen LogP contribution in [-0.4, -0.2) is 77.7 Å². The molecule has 2 aromatic carbocycles. The van der Waals surface area contributed by atoms with Crippen molar-refractivity contribution in [3.05, 3.63) is 89.7 Å². The highest BCUT2D eigenvalue weighted by Crippen LogP contribution is 2.50. The Morgan fingerprint density at radius 2 is 1.60 bits per heavy atom. The number of para-hydroxylation sites is 2. The molecule has 1 aromatic heterocycles. The largest absolute Gasteiger partial charge is 0.457 e. The Morgan fingerprint density at radius 1 is 0.940 bits per heavy atom. The van der Waals surface area contributed by atoms with Crippen molar-refractivity contribution in [2.75, 3.05) is 33.4 Å². The van der Waals surface area contributed by atoms with Gasteiger partial charge in [-0.1, -0.05) is 42.5 Å². The fourth-order valence-corrected chi connectivity index (χ4v) is 7.39. The second kappa shape index (κ2) is 15.2. The summed E-state index contributed by atoms with van der Waals surface area (Å²) in [5, 5.41) is 3.32. The molecule has 1 saturated carbocycles. The fourth-order valence-electron chi connectivity index (χ4n) is 7.39. The highest BCUT2D eigenvalue weighted by atomic mass is 16.6. The van der Waals surface area contributed by atoms with Crippen LogP contribution in [0.1, 0.15) is 76.1 Å². The third-order valence-electron chi connectivity index (χ3n) is 9.94. The number of methoxy groups -OCH3 is 1. The SMILES string of the molecule is COCCCCC1(CNC(=O)C2CC(C(=O)N(Cc3ccccn3)C3CC3)CN(C(=O)OC(C)(C)C)C2)c2ccccc2Oc2ccccc21. The number of amides is 3. The van der Waals surface area contributed by atoms with Gasteiger partial charge in [0.1, 0.15) is 17.1 Å². The number of unbranched alkanes of at least 4 members (excludes halogenated alkanes) is 1. The Bertz CT molecular complexity index is 1610. The summed E-state index contributed by atoms with van der Waals surface area (Å²) >= 11 is 0. The van der Waals surface area contributed by atoms with Gasteiger partial charge in [-0.25, -0.2) is 4.79 Å². The van der Waals surface area contributed by atoms with Crippen molar-refractivity contribution >= 4 is 17.9 Å². The van der Waals surface area contributed by atoms with Crippen molar-refractivity contribution in [3.8, 4) is 11.5 Å². The number of carbonyl (C=O) groups is 3. The minimum atomic E-state index is -0.718. The number of benzene rings is 2. The molecule has 10 heteroatoms. The molecule has 2 unspecified atom stereocenters. The zero-order chi connectivity index (χ0) is 35.3. The first kappa shape index (κ1) is 35.4. The summed E-state index contributed by atoms with van der Waals surface area (Å²) in [5.41, 5.74) is 1.60. The molecule has 6 rings (SSSR count). The smallest absolute Gasteiger partial charge is 0.410 e. The number of ether oxygens (including phenoxy) is 3. The first-order valence-corrected chi connectivity index (χ1v) is 17.9. The Labute approximate surface area is 295 Å². The van der Waals surface area contributed by atoms with Crippen molar-refractivity contribution < 1.29 is 28.6 Å². The van der Waals surface area contributed by atoms with E-state index in [2.05, 4.69) is 22.4 Å². The molecule has 1 saturated heterocycles. The number of nitrogens with zero attached hydrogens (tertiary/aromatic N) is 3. The molecule has 3 heterocycles. The second-order valence-electron chi connectivity index (χ2n) is 14.9. The summed E-state index contributed by atoms with van der Waals surface area (Å²) in [7, 11) is 1.71. The Morgan fingerprint density at radius 3 is 2.22 bits per heavy atom. The minimum Gasteiger partial charge on any atom is -0.457 e. The van der Waals surface area contributed by atoms with E-state index in [9.17, 15) is 14.4 Å². The Kier molecular flexibility index (Phi) is 10.8. The van der Waals surface area contributed by atoms with Crippen LogP contribution >= 0.6 is 0 Å². The monoisotopic (exact) mass is 682 g/mol. The van der Waals surface area contributed by atoms with Crippen LogP contribution in [0.5, 0.6) is 11.5 Å². The molecule has 3 aromatic rings. The van der Waals surface area contributed by atoms with Gasteiger partial charge in [0.15, 0.2) is 0 Å². The van der Waals surface area contributed by atoms with Gasteiger partial charge in [-0.15, -0.1) is 0 Å². The molecule has 266 valence electrons. The van der Waals surface area contributed by atoms with E-state index in [0.29, 0.717) is 26.1 Å². The number of pyridine rings is 1. The number of likely N-dealkylation sites (tertiary alicyclic amines) is 1. The normalized spacial score (nSPS) is 19.4. The molecular weight excluding hydrogens is 632 g/mol. The first-order chi connectivity index (χ1) is 24.1. The summed E-state index contributed by atoms with van der Waals surface area (Å²) in [6.07, 6.45) is 5.96. The predicted octanol–water partition coefficient (Wildman–Crippen LogP) is 6.47. The van der Waals surface area contributed by atoms with E-state index in [1.807, 2.05) is 80.3 Å². The van der Waals surface area contributed by atoms with Gasteiger partial charge in [0, 0.05) is 62.1 Å². The zero-order valence-corrected chi connectivity index (χ0v) is 29.7. The third kappa shape index (κ3) is 8.12.